The summed E-state index contributed by atoms with van der Waals surface area (Å²) in [4.78, 5) is 12.3. The summed E-state index contributed by atoms with van der Waals surface area (Å²) in [5, 5.41) is 0. The van der Waals surface area contributed by atoms with Gasteiger partial charge in [-0.1, -0.05) is 83.9 Å². The molecule has 36 heavy (non-hydrogen) atoms. The quantitative estimate of drug-likeness (QED) is 0.101. The number of allylic oxidation sites excluding steroid dienone is 2. The lowest BCUT2D eigenvalue weighted by Gasteiger charge is -2.28. The molecular weight excluding hydrogens is 444 g/mol. The molecule has 6 atom stereocenters. The van der Waals surface area contributed by atoms with Crippen molar-refractivity contribution in [2.45, 2.75) is 149 Å². The van der Waals surface area contributed by atoms with E-state index in [9.17, 15) is 4.79 Å². The summed E-state index contributed by atoms with van der Waals surface area (Å²) in [6.07, 6.45) is 27.0. The van der Waals surface area contributed by atoms with E-state index >= 15 is 0 Å². The molecule has 1 heterocycles. The first-order valence-electron chi connectivity index (χ1n) is 15.6. The fourth-order valence-electron chi connectivity index (χ4n) is 7.05. The Morgan fingerprint density at radius 2 is 1.69 bits per heavy atom. The Morgan fingerprint density at radius 3 is 2.39 bits per heavy atom. The lowest BCUT2D eigenvalue weighted by Crippen LogP contribution is -2.26. The first-order chi connectivity index (χ1) is 17.5. The van der Waals surface area contributed by atoms with Crippen LogP contribution in [0.2, 0.25) is 0 Å². The minimum atomic E-state index is -0.00113. The number of hydrogen-bond donors (Lipinski definition) is 0. The summed E-state index contributed by atoms with van der Waals surface area (Å²) in [7, 11) is 0. The Morgan fingerprint density at radius 1 is 1.06 bits per heavy atom. The second-order valence-corrected chi connectivity index (χ2v) is 12.5. The summed E-state index contributed by atoms with van der Waals surface area (Å²) in [6, 6.07) is 0. The molecule has 1 aliphatic heterocycles. The topological polar surface area (TPSA) is 35.5 Å². The standard InChI is InChI=1S/C33H56O3/c1-5-6-7-8-9-10-11-12-13-14-15-16-17-18-19-20-32(34)36-27(3)21-22-29-30-23-28-26(2)25-35-31(28)24-33(29,30)4/h12-13,27-31H,2,5-11,14-25H2,1,3-4H3/b13-12+/t27-,28-,29+,30+,31-,33-/m1/s1. The fraction of sp³-hybridized carbons (Fsp3) is 0.848. The van der Waals surface area contributed by atoms with Gasteiger partial charge < -0.3 is 9.47 Å². The first kappa shape index (κ1) is 29.5. The summed E-state index contributed by atoms with van der Waals surface area (Å²) >= 11 is 0. The smallest absolute Gasteiger partial charge is 0.306 e. The van der Waals surface area contributed by atoms with Gasteiger partial charge in [-0.3, -0.25) is 4.79 Å². The number of carbonyl (C=O) groups is 1. The number of fused-ring (bicyclic) bond motifs is 2. The molecule has 3 aliphatic rings. The molecule has 0 aromatic rings. The van der Waals surface area contributed by atoms with Gasteiger partial charge in [-0.05, 0) is 87.5 Å². The van der Waals surface area contributed by atoms with Crippen LogP contribution >= 0.6 is 0 Å². The van der Waals surface area contributed by atoms with Crippen LogP contribution in [0.15, 0.2) is 24.3 Å². The van der Waals surface area contributed by atoms with Gasteiger partial charge in [-0.15, -0.1) is 0 Å². The monoisotopic (exact) mass is 500 g/mol. The van der Waals surface area contributed by atoms with E-state index in [1.807, 2.05) is 0 Å². The highest BCUT2D eigenvalue weighted by Crippen LogP contribution is 2.70. The van der Waals surface area contributed by atoms with Crippen molar-refractivity contribution in [2.24, 2.45) is 23.2 Å². The molecule has 0 aromatic carbocycles. The summed E-state index contributed by atoms with van der Waals surface area (Å²) in [5.41, 5.74) is 1.75. The van der Waals surface area contributed by atoms with Crippen molar-refractivity contribution in [2.75, 3.05) is 6.61 Å². The zero-order chi connectivity index (χ0) is 25.8. The minimum absolute atomic E-state index is 0.00113. The molecule has 0 spiro atoms. The molecule has 0 aromatic heterocycles. The number of unbranched alkanes of at least 4 members (excludes halogenated alkanes) is 11. The van der Waals surface area contributed by atoms with Gasteiger partial charge in [0.15, 0.2) is 0 Å². The number of hydrogen-bond acceptors (Lipinski definition) is 3. The summed E-state index contributed by atoms with van der Waals surface area (Å²) in [5.74, 6) is 2.18. The van der Waals surface area contributed by atoms with Crippen LogP contribution in [0, 0.1) is 23.2 Å². The number of esters is 1. The van der Waals surface area contributed by atoms with Crippen LogP contribution in [0.1, 0.15) is 136 Å². The third-order valence-corrected chi connectivity index (χ3v) is 9.54. The van der Waals surface area contributed by atoms with Crippen molar-refractivity contribution in [3.8, 4) is 0 Å². The molecular formula is C33H56O3. The van der Waals surface area contributed by atoms with Crippen LogP contribution in [0.4, 0.5) is 0 Å². The van der Waals surface area contributed by atoms with Crippen LogP contribution in [-0.4, -0.2) is 24.8 Å². The maximum absolute atomic E-state index is 12.3. The molecule has 3 rings (SSSR count). The van der Waals surface area contributed by atoms with E-state index in [1.165, 1.54) is 95.5 Å². The Labute approximate surface area is 222 Å². The minimum Gasteiger partial charge on any atom is -0.463 e. The van der Waals surface area contributed by atoms with E-state index in [0.717, 1.165) is 37.7 Å². The van der Waals surface area contributed by atoms with E-state index in [4.69, 9.17) is 9.47 Å². The molecule has 0 N–H and O–H groups in total. The van der Waals surface area contributed by atoms with E-state index < -0.39 is 0 Å². The average molecular weight is 501 g/mol. The molecule has 3 heteroatoms. The van der Waals surface area contributed by atoms with Crippen LogP contribution < -0.4 is 0 Å². The highest BCUT2D eigenvalue weighted by Gasteiger charge is 2.65. The molecule has 1 saturated heterocycles. The van der Waals surface area contributed by atoms with E-state index in [0.29, 0.717) is 23.9 Å². The van der Waals surface area contributed by atoms with Gasteiger partial charge in [0.25, 0.3) is 0 Å². The van der Waals surface area contributed by atoms with Gasteiger partial charge in [0, 0.05) is 12.3 Å². The highest BCUT2D eigenvalue weighted by atomic mass is 16.5. The van der Waals surface area contributed by atoms with Gasteiger partial charge in [0.1, 0.15) is 0 Å². The first-order valence-corrected chi connectivity index (χ1v) is 15.6. The number of ether oxygens (including phenoxy) is 2. The number of rotatable bonds is 19. The molecule has 0 radical (unpaired) electrons. The molecule has 3 fully saturated rings. The molecule has 0 unspecified atom stereocenters. The van der Waals surface area contributed by atoms with E-state index in [1.54, 1.807) is 0 Å². The van der Waals surface area contributed by atoms with Crippen molar-refractivity contribution in [1.29, 1.82) is 0 Å². The van der Waals surface area contributed by atoms with Crippen molar-refractivity contribution >= 4 is 5.97 Å². The highest BCUT2D eigenvalue weighted by molar-refractivity contribution is 5.69. The van der Waals surface area contributed by atoms with Gasteiger partial charge in [-0.2, -0.15) is 0 Å². The average Bonchev–Trinajstić information content (AvgIpc) is 3.27. The predicted molar refractivity (Wildman–Crippen MR) is 151 cm³/mol. The van der Waals surface area contributed by atoms with Crippen molar-refractivity contribution < 1.29 is 14.3 Å². The van der Waals surface area contributed by atoms with Gasteiger partial charge in [0.05, 0.1) is 18.8 Å². The molecule has 0 amide bonds. The Kier molecular flexibility index (Phi) is 12.6. The van der Waals surface area contributed by atoms with Crippen molar-refractivity contribution in [1.82, 2.24) is 0 Å². The third kappa shape index (κ3) is 9.03. The lowest BCUT2D eigenvalue weighted by molar-refractivity contribution is -0.148. The molecule has 2 aliphatic carbocycles. The van der Waals surface area contributed by atoms with Gasteiger partial charge >= 0.3 is 5.97 Å². The molecule has 206 valence electrons. The summed E-state index contributed by atoms with van der Waals surface area (Å²) in [6.45, 7) is 11.8. The van der Waals surface area contributed by atoms with Crippen LogP contribution in [0.25, 0.3) is 0 Å². The van der Waals surface area contributed by atoms with Gasteiger partial charge in [-0.25, -0.2) is 0 Å². The van der Waals surface area contributed by atoms with Crippen LogP contribution in [-0.2, 0) is 14.3 Å². The van der Waals surface area contributed by atoms with Crippen molar-refractivity contribution in [3.63, 3.8) is 0 Å². The Hall–Kier alpha value is -1.09. The summed E-state index contributed by atoms with van der Waals surface area (Å²) < 4.78 is 11.7. The van der Waals surface area contributed by atoms with Crippen LogP contribution in [0.3, 0.4) is 0 Å². The maximum atomic E-state index is 12.3. The normalized spacial score (nSPS) is 29.8. The van der Waals surface area contributed by atoms with Gasteiger partial charge in [0.2, 0.25) is 0 Å². The second-order valence-electron chi connectivity index (χ2n) is 12.5. The Bertz CT molecular complexity index is 697. The largest absolute Gasteiger partial charge is 0.463 e. The predicted octanol–water partition coefficient (Wildman–Crippen LogP) is 9.35. The third-order valence-electron chi connectivity index (χ3n) is 9.54. The SMILES string of the molecule is C=C1CO[C@@H]2C[C@]3(C)[C@@H](CC[C@@H](C)OC(=O)CCCCCCC/C=C/CCCCCCCC)[C@@H]3C[C@H]12. The van der Waals surface area contributed by atoms with E-state index in [2.05, 4.69) is 39.5 Å². The van der Waals surface area contributed by atoms with Crippen molar-refractivity contribution in [3.05, 3.63) is 24.3 Å². The molecule has 0 bridgehead atoms. The second kappa shape index (κ2) is 15.4. The fourth-order valence-corrected chi connectivity index (χ4v) is 7.05. The van der Waals surface area contributed by atoms with Crippen LogP contribution in [0.5, 0.6) is 0 Å². The number of carbonyl (C=O) groups excluding carboxylic acids is 1. The zero-order valence-electron chi connectivity index (χ0n) is 23.9. The molecule has 2 saturated carbocycles. The van der Waals surface area contributed by atoms with E-state index in [-0.39, 0.29) is 12.1 Å². The molecule has 3 nitrogen and oxygen atoms in total. The Balaban J connectivity index is 1.12. The lowest BCUT2D eigenvalue weighted by atomic mass is 9.79. The maximum Gasteiger partial charge on any atom is 0.306 e. The zero-order valence-corrected chi connectivity index (χ0v) is 23.9.